The van der Waals surface area contributed by atoms with Crippen LogP contribution < -0.4 is 0 Å². The summed E-state index contributed by atoms with van der Waals surface area (Å²) in [4.78, 5) is 36.6. The van der Waals surface area contributed by atoms with Gasteiger partial charge in [0.15, 0.2) is 11.3 Å². The molecule has 1 aromatic carbocycles. The molecule has 0 spiro atoms. The number of amides is 1. The minimum atomic E-state index is -1.40. The Morgan fingerprint density at radius 1 is 1.27 bits per heavy atom. The third-order valence-electron chi connectivity index (χ3n) is 4.46. The summed E-state index contributed by atoms with van der Waals surface area (Å²) in [7, 11) is 0. The lowest BCUT2D eigenvalue weighted by atomic mass is 9.92. The van der Waals surface area contributed by atoms with E-state index in [1.807, 2.05) is 12.1 Å². The zero-order chi connectivity index (χ0) is 19.4. The Kier molecular flexibility index (Phi) is 6.69. The second-order valence-corrected chi connectivity index (χ2v) is 8.09. The molecule has 142 valence electrons. The summed E-state index contributed by atoms with van der Waals surface area (Å²) >= 11 is 1.10. The molecule has 1 amide bonds. The topological polar surface area (TPSA) is 83.9 Å². The Hall–Kier alpha value is -2.02. The van der Waals surface area contributed by atoms with Gasteiger partial charge in [0.2, 0.25) is 5.91 Å². The molecule has 0 aromatic heterocycles. The van der Waals surface area contributed by atoms with E-state index in [0.29, 0.717) is 24.6 Å². The van der Waals surface area contributed by atoms with Gasteiger partial charge in [-0.1, -0.05) is 50.7 Å². The third-order valence-corrected chi connectivity index (χ3v) is 5.53. The first kappa shape index (κ1) is 20.3. The summed E-state index contributed by atoms with van der Waals surface area (Å²) in [5, 5.41) is 8.99. The number of carboxylic acid groups (broad SMARTS) is 1. The van der Waals surface area contributed by atoms with E-state index in [1.54, 1.807) is 6.92 Å². The van der Waals surface area contributed by atoms with Crippen LogP contribution in [0.4, 0.5) is 4.79 Å². The standard InChI is InChI=1S/C19H25NO5S/c1-11(2)14-5-6-15-8-17(25-19(23)24)20(9-16(15)7-14)18(22)12(3)10-26-13(4)21/h5-7,11-12,17H,8-10H2,1-4H3,(H,23,24). The predicted molar refractivity (Wildman–Crippen MR) is 100.0 cm³/mol. The van der Waals surface area contributed by atoms with Gasteiger partial charge >= 0.3 is 6.16 Å². The van der Waals surface area contributed by atoms with Crippen molar-refractivity contribution in [1.82, 2.24) is 4.90 Å². The van der Waals surface area contributed by atoms with Gasteiger partial charge in [-0.3, -0.25) is 9.59 Å². The van der Waals surface area contributed by atoms with Crippen molar-refractivity contribution in [3.05, 3.63) is 34.9 Å². The van der Waals surface area contributed by atoms with Crippen molar-refractivity contribution in [3.63, 3.8) is 0 Å². The molecule has 1 N–H and O–H groups in total. The van der Waals surface area contributed by atoms with Crippen LogP contribution in [0.15, 0.2) is 18.2 Å². The van der Waals surface area contributed by atoms with Crippen molar-refractivity contribution in [2.45, 2.75) is 52.8 Å². The van der Waals surface area contributed by atoms with Crippen molar-refractivity contribution >= 4 is 28.9 Å². The second kappa shape index (κ2) is 8.58. The summed E-state index contributed by atoms with van der Waals surface area (Å²) in [5.41, 5.74) is 3.19. The van der Waals surface area contributed by atoms with Crippen LogP contribution in [0, 0.1) is 5.92 Å². The Morgan fingerprint density at radius 3 is 2.54 bits per heavy atom. The molecule has 1 aliphatic heterocycles. The highest BCUT2D eigenvalue weighted by molar-refractivity contribution is 8.13. The van der Waals surface area contributed by atoms with E-state index in [2.05, 4.69) is 19.9 Å². The molecular formula is C19H25NO5S. The number of fused-ring (bicyclic) bond motifs is 1. The van der Waals surface area contributed by atoms with E-state index in [0.717, 1.165) is 22.9 Å². The molecule has 0 radical (unpaired) electrons. The molecule has 1 aliphatic rings. The zero-order valence-corrected chi connectivity index (χ0v) is 16.3. The van der Waals surface area contributed by atoms with Gasteiger partial charge in [0.05, 0.1) is 0 Å². The van der Waals surface area contributed by atoms with Crippen LogP contribution in [0.25, 0.3) is 0 Å². The van der Waals surface area contributed by atoms with E-state index in [-0.39, 0.29) is 11.0 Å². The number of benzene rings is 1. The van der Waals surface area contributed by atoms with Gasteiger partial charge in [-0.2, -0.15) is 0 Å². The zero-order valence-electron chi connectivity index (χ0n) is 15.5. The number of thioether (sulfide) groups is 1. The Labute approximate surface area is 157 Å². The fourth-order valence-electron chi connectivity index (χ4n) is 2.97. The number of carbonyl (C=O) groups is 3. The summed E-state index contributed by atoms with van der Waals surface area (Å²) in [6.45, 7) is 7.72. The number of hydrogen-bond acceptors (Lipinski definition) is 5. The monoisotopic (exact) mass is 379 g/mol. The molecule has 2 atom stereocenters. The van der Waals surface area contributed by atoms with Gasteiger partial charge in [-0.25, -0.2) is 4.79 Å². The largest absolute Gasteiger partial charge is 0.507 e. The normalized spacial score (nSPS) is 17.6. The van der Waals surface area contributed by atoms with E-state index in [9.17, 15) is 14.4 Å². The summed E-state index contributed by atoms with van der Waals surface area (Å²) in [5.74, 6) is 0.121. The minimum absolute atomic E-state index is 0.0476. The maximum atomic E-state index is 12.9. The van der Waals surface area contributed by atoms with Crippen molar-refractivity contribution < 1.29 is 24.2 Å². The van der Waals surface area contributed by atoms with Gasteiger partial charge < -0.3 is 14.7 Å². The van der Waals surface area contributed by atoms with Crippen molar-refractivity contribution in [2.75, 3.05) is 5.75 Å². The van der Waals surface area contributed by atoms with Gasteiger partial charge in [-0.05, 0) is 22.6 Å². The fraction of sp³-hybridized carbons (Fsp3) is 0.526. The second-order valence-electron chi connectivity index (χ2n) is 6.90. The Morgan fingerprint density at radius 2 is 1.96 bits per heavy atom. The molecule has 2 unspecified atom stereocenters. The number of hydrogen-bond donors (Lipinski definition) is 1. The first-order valence-corrected chi connectivity index (χ1v) is 9.62. The Balaban J connectivity index is 2.26. The average molecular weight is 379 g/mol. The van der Waals surface area contributed by atoms with Gasteiger partial charge in [-0.15, -0.1) is 0 Å². The van der Waals surface area contributed by atoms with Crippen LogP contribution in [-0.2, 0) is 27.3 Å². The third kappa shape index (κ3) is 5.00. The van der Waals surface area contributed by atoms with Gasteiger partial charge in [0.25, 0.3) is 0 Å². The summed E-state index contributed by atoms with van der Waals surface area (Å²) in [6, 6.07) is 6.09. The van der Waals surface area contributed by atoms with Crippen LogP contribution in [0.5, 0.6) is 0 Å². The van der Waals surface area contributed by atoms with E-state index in [1.165, 1.54) is 17.4 Å². The molecular weight excluding hydrogens is 354 g/mol. The molecule has 6 nitrogen and oxygen atoms in total. The van der Waals surface area contributed by atoms with Gasteiger partial charge in [0.1, 0.15) is 0 Å². The molecule has 26 heavy (non-hydrogen) atoms. The summed E-state index contributed by atoms with van der Waals surface area (Å²) in [6.07, 6.45) is -1.92. The molecule has 2 rings (SSSR count). The molecule has 1 aromatic rings. The van der Waals surface area contributed by atoms with Crippen molar-refractivity contribution in [2.24, 2.45) is 5.92 Å². The number of rotatable bonds is 5. The molecule has 0 saturated heterocycles. The van der Waals surface area contributed by atoms with Crippen LogP contribution in [-0.4, -0.2) is 39.2 Å². The maximum Gasteiger partial charge on any atom is 0.507 e. The van der Waals surface area contributed by atoms with E-state index >= 15 is 0 Å². The van der Waals surface area contributed by atoms with Crippen LogP contribution >= 0.6 is 11.8 Å². The van der Waals surface area contributed by atoms with Gasteiger partial charge in [0, 0.05) is 31.6 Å². The highest BCUT2D eigenvalue weighted by Gasteiger charge is 2.34. The molecule has 7 heteroatoms. The van der Waals surface area contributed by atoms with E-state index in [4.69, 9.17) is 9.84 Å². The highest BCUT2D eigenvalue weighted by atomic mass is 32.2. The van der Waals surface area contributed by atoms with Crippen molar-refractivity contribution in [3.8, 4) is 0 Å². The average Bonchev–Trinajstić information content (AvgIpc) is 2.57. The molecule has 0 aliphatic carbocycles. The minimum Gasteiger partial charge on any atom is -0.450 e. The summed E-state index contributed by atoms with van der Waals surface area (Å²) < 4.78 is 4.98. The van der Waals surface area contributed by atoms with Crippen LogP contribution in [0.1, 0.15) is 50.3 Å². The van der Waals surface area contributed by atoms with Crippen LogP contribution in [0.3, 0.4) is 0 Å². The predicted octanol–water partition coefficient (Wildman–Crippen LogP) is 3.63. The molecule has 0 saturated carbocycles. The van der Waals surface area contributed by atoms with E-state index < -0.39 is 18.3 Å². The number of ether oxygens (including phenoxy) is 1. The molecule has 0 fully saturated rings. The molecule has 0 bridgehead atoms. The maximum absolute atomic E-state index is 12.9. The lowest BCUT2D eigenvalue weighted by Gasteiger charge is -2.37. The lowest BCUT2D eigenvalue weighted by molar-refractivity contribution is -0.148. The fourth-order valence-corrected chi connectivity index (χ4v) is 3.60. The number of carbonyl (C=O) groups excluding carboxylic acids is 2. The SMILES string of the molecule is CC(=O)SCC(C)C(=O)N1Cc2cc(C(C)C)ccc2CC1OC(=O)O. The number of nitrogens with zero attached hydrogens (tertiary/aromatic N) is 1. The lowest BCUT2D eigenvalue weighted by Crippen LogP contribution is -2.48. The first-order chi connectivity index (χ1) is 12.2. The quantitative estimate of drug-likeness (QED) is 0.787. The van der Waals surface area contributed by atoms with Crippen LogP contribution in [0.2, 0.25) is 0 Å². The smallest absolute Gasteiger partial charge is 0.450 e. The first-order valence-electron chi connectivity index (χ1n) is 8.64. The Bertz CT molecular complexity index is 703. The molecule has 1 heterocycles. The highest BCUT2D eigenvalue weighted by Crippen LogP contribution is 2.29. The van der Waals surface area contributed by atoms with Crippen molar-refractivity contribution in [1.29, 1.82) is 0 Å².